The smallest absolute Gasteiger partial charge is 0.337 e. The molecule has 126 valence electrons. The molecule has 0 spiro atoms. The maximum atomic E-state index is 12.2. The minimum Gasteiger partial charge on any atom is -0.481 e. The first kappa shape index (κ1) is 17.8. The third kappa shape index (κ3) is 4.49. The molecule has 2 aromatic carbocycles. The minimum atomic E-state index is -0.689. The zero-order valence-electron chi connectivity index (χ0n) is 13.6. The number of carbonyl (C=O) groups excluding carboxylic acids is 2. The molecule has 0 saturated carbocycles. The lowest BCUT2D eigenvalue weighted by Gasteiger charge is -2.15. The van der Waals surface area contributed by atoms with Crippen LogP contribution in [0.4, 0.5) is 5.69 Å². The van der Waals surface area contributed by atoms with Gasteiger partial charge in [-0.15, -0.1) is 0 Å². The lowest BCUT2D eigenvalue weighted by Crippen LogP contribution is -2.30. The summed E-state index contributed by atoms with van der Waals surface area (Å²) in [6.07, 6.45) is -0.689. The maximum absolute atomic E-state index is 12.2. The van der Waals surface area contributed by atoms with Crippen LogP contribution in [-0.2, 0) is 9.53 Å². The summed E-state index contributed by atoms with van der Waals surface area (Å²) in [6.45, 7) is 3.52. The summed E-state index contributed by atoms with van der Waals surface area (Å²) in [5, 5.41) is 3.37. The van der Waals surface area contributed by atoms with E-state index in [9.17, 15) is 9.59 Å². The number of halogens is 1. The quantitative estimate of drug-likeness (QED) is 0.834. The highest BCUT2D eigenvalue weighted by Crippen LogP contribution is 2.22. The molecule has 1 atom stereocenters. The van der Waals surface area contributed by atoms with E-state index < -0.39 is 12.1 Å². The molecule has 24 heavy (non-hydrogen) atoms. The first-order valence-corrected chi connectivity index (χ1v) is 7.70. The van der Waals surface area contributed by atoms with Crippen LogP contribution in [0.15, 0.2) is 42.5 Å². The molecular weight excluding hydrogens is 330 g/mol. The van der Waals surface area contributed by atoms with Gasteiger partial charge in [-0.2, -0.15) is 0 Å². The number of rotatable bonds is 5. The Balaban J connectivity index is 1.98. The fraction of sp³-hybridized carbons (Fsp3) is 0.222. The van der Waals surface area contributed by atoms with E-state index in [0.29, 0.717) is 22.0 Å². The molecule has 1 amide bonds. The molecule has 0 aliphatic rings. The Morgan fingerprint density at radius 2 is 1.79 bits per heavy atom. The minimum absolute atomic E-state index is 0.298. The Morgan fingerprint density at radius 3 is 2.38 bits per heavy atom. The Labute approximate surface area is 145 Å². The predicted molar refractivity (Wildman–Crippen MR) is 92.7 cm³/mol. The van der Waals surface area contributed by atoms with Crippen LogP contribution in [0, 0.1) is 6.92 Å². The van der Waals surface area contributed by atoms with E-state index in [-0.39, 0.29) is 5.91 Å². The summed E-state index contributed by atoms with van der Waals surface area (Å²) in [5.41, 5.74) is 1.85. The molecule has 6 heteroatoms. The topological polar surface area (TPSA) is 64.6 Å². The van der Waals surface area contributed by atoms with Crippen molar-refractivity contribution < 1.29 is 19.1 Å². The summed E-state index contributed by atoms with van der Waals surface area (Å²) >= 11 is 5.96. The summed E-state index contributed by atoms with van der Waals surface area (Å²) < 4.78 is 10.2. The summed E-state index contributed by atoms with van der Waals surface area (Å²) in [6, 6.07) is 11.6. The van der Waals surface area contributed by atoms with Crippen LogP contribution in [0.5, 0.6) is 5.75 Å². The van der Waals surface area contributed by atoms with E-state index in [1.54, 1.807) is 49.4 Å². The summed E-state index contributed by atoms with van der Waals surface area (Å²) in [4.78, 5) is 23.6. The molecule has 0 heterocycles. The highest BCUT2D eigenvalue weighted by molar-refractivity contribution is 6.31. The molecule has 0 aromatic heterocycles. The van der Waals surface area contributed by atoms with Gasteiger partial charge in [0.25, 0.3) is 5.91 Å². The number of methoxy groups -OCH3 is 1. The van der Waals surface area contributed by atoms with Gasteiger partial charge in [-0.05, 0) is 61.9 Å². The third-order valence-corrected chi connectivity index (χ3v) is 3.81. The zero-order chi connectivity index (χ0) is 17.7. The molecule has 0 saturated heterocycles. The average Bonchev–Trinajstić information content (AvgIpc) is 2.58. The second-order valence-corrected chi connectivity index (χ2v) is 5.64. The van der Waals surface area contributed by atoms with Crippen LogP contribution in [0.1, 0.15) is 22.8 Å². The first-order chi connectivity index (χ1) is 11.4. The number of ether oxygens (including phenoxy) is 2. The molecule has 1 N–H and O–H groups in total. The molecule has 2 rings (SSSR count). The van der Waals surface area contributed by atoms with Gasteiger partial charge in [0.15, 0.2) is 6.10 Å². The van der Waals surface area contributed by atoms with Crippen molar-refractivity contribution in [2.75, 3.05) is 12.4 Å². The largest absolute Gasteiger partial charge is 0.481 e. The van der Waals surface area contributed by atoms with Gasteiger partial charge < -0.3 is 14.8 Å². The van der Waals surface area contributed by atoms with Crippen molar-refractivity contribution in [3.63, 3.8) is 0 Å². The molecule has 0 fully saturated rings. The van der Waals surface area contributed by atoms with Crippen molar-refractivity contribution in [3.05, 3.63) is 58.6 Å². The Hall–Kier alpha value is -2.53. The van der Waals surface area contributed by atoms with E-state index >= 15 is 0 Å². The number of aryl methyl sites for hydroxylation is 1. The van der Waals surface area contributed by atoms with E-state index in [2.05, 4.69) is 10.1 Å². The Morgan fingerprint density at radius 1 is 1.12 bits per heavy atom. The van der Waals surface area contributed by atoms with E-state index in [1.807, 2.05) is 6.92 Å². The number of nitrogens with one attached hydrogen (secondary N) is 1. The van der Waals surface area contributed by atoms with Crippen molar-refractivity contribution in [1.82, 2.24) is 0 Å². The van der Waals surface area contributed by atoms with Gasteiger partial charge in [-0.3, -0.25) is 4.79 Å². The van der Waals surface area contributed by atoms with Gasteiger partial charge in [0, 0.05) is 10.7 Å². The SMILES string of the molecule is COC(=O)c1ccc(NC(=O)C(C)Oc2ccc(Cl)c(C)c2)cc1. The molecule has 2 aromatic rings. The predicted octanol–water partition coefficient (Wildman–Crippen LogP) is 3.84. The summed E-state index contributed by atoms with van der Waals surface area (Å²) in [7, 11) is 1.31. The van der Waals surface area contributed by atoms with Crippen LogP contribution in [0.3, 0.4) is 0 Å². The van der Waals surface area contributed by atoms with Crippen LogP contribution in [0.2, 0.25) is 5.02 Å². The molecular formula is C18H18ClNO4. The Bertz CT molecular complexity index is 743. The number of esters is 1. The second-order valence-electron chi connectivity index (χ2n) is 5.23. The maximum Gasteiger partial charge on any atom is 0.337 e. The fourth-order valence-electron chi connectivity index (χ4n) is 2.00. The standard InChI is InChI=1S/C18H18ClNO4/c1-11-10-15(8-9-16(11)19)24-12(2)17(21)20-14-6-4-13(5-7-14)18(22)23-3/h4-10,12H,1-3H3,(H,20,21). The molecule has 0 radical (unpaired) electrons. The number of anilines is 1. The van der Waals surface area contributed by atoms with Gasteiger partial charge in [0.1, 0.15) is 5.75 Å². The molecule has 0 aliphatic heterocycles. The molecule has 0 bridgehead atoms. The number of carbonyl (C=O) groups is 2. The zero-order valence-corrected chi connectivity index (χ0v) is 14.4. The highest BCUT2D eigenvalue weighted by atomic mass is 35.5. The van der Waals surface area contributed by atoms with Gasteiger partial charge in [-0.25, -0.2) is 4.79 Å². The van der Waals surface area contributed by atoms with E-state index in [4.69, 9.17) is 16.3 Å². The van der Waals surface area contributed by atoms with Gasteiger partial charge in [0.2, 0.25) is 0 Å². The number of hydrogen-bond donors (Lipinski definition) is 1. The molecule has 1 unspecified atom stereocenters. The lowest BCUT2D eigenvalue weighted by molar-refractivity contribution is -0.122. The van der Waals surface area contributed by atoms with Crippen molar-refractivity contribution in [1.29, 1.82) is 0 Å². The lowest BCUT2D eigenvalue weighted by atomic mass is 10.2. The van der Waals surface area contributed by atoms with Crippen LogP contribution in [0.25, 0.3) is 0 Å². The van der Waals surface area contributed by atoms with Gasteiger partial charge >= 0.3 is 5.97 Å². The highest BCUT2D eigenvalue weighted by Gasteiger charge is 2.15. The van der Waals surface area contributed by atoms with Crippen LogP contribution >= 0.6 is 11.6 Å². The van der Waals surface area contributed by atoms with Crippen molar-refractivity contribution in [2.24, 2.45) is 0 Å². The van der Waals surface area contributed by atoms with E-state index in [0.717, 1.165) is 5.56 Å². The fourth-order valence-corrected chi connectivity index (χ4v) is 2.12. The molecule has 5 nitrogen and oxygen atoms in total. The number of hydrogen-bond acceptors (Lipinski definition) is 4. The Kier molecular flexibility index (Phi) is 5.82. The van der Waals surface area contributed by atoms with Crippen molar-refractivity contribution >= 4 is 29.2 Å². The third-order valence-electron chi connectivity index (χ3n) is 3.39. The second kappa shape index (κ2) is 7.84. The van der Waals surface area contributed by atoms with Crippen molar-refractivity contribution in [3.8, 4) is 5.75 Å². The van der Waals surface area contributed by atoms with Crippen LogP contribution < -0.4 is 10.1 Å². The monoisotopic (exact) mass is 347 g/mol. The average molecular weight is 348 g/mol. The first-order valence-electron chi connectivity index (χ1n) is 7.32. The number of benzene rings is 2. The number of amides is 1. The summed E-state index contributed by atoms with van der Waals surface area (Å²) in [5.74, 6) is -0.156. The van der Waals surface area contributed by atoms with Crippen molar-refractivity contribution in [2.45, 2.75) is 20.0 Å². The van der Waals surface area contributed by atoms with E-state index in [1.165, 1.54) is 7.11 Å². The normalized spacial score (nSPS) is 11.5. The van der Waals surface area contributed by atoms with Gasteiger partial charge in [0.05, 0.1) is 12.7 Å². The van der Waals surface area contributed by atoms with Gasteiger partial charge in [-0.1, -0.05) is 11.6 Å². The van der Waals surface area contributed by atoms with Crippen LogP contribution in [-0.4, -0.2) is 25.1 Å². The molecule has 0 aliphatic carbocycles.